The van der Waals surface area contributed by atoms with E-state index in [1.165, 1.54) is 5.56 Å². The van der Waals surface area contributed by atoms with Crippen LogP contribution in [-0.2, 0) is 17.9 Å². The van der Waals surface area contributed by atoms with E-state index in [-0.39, 0.29) is 11.8 Å². The van der Waals surface area contributed by atoms with Gasteiger partial charge in [0.05, 0.1) is 23.7 Å². The molecule has 0 aliphatic carbocycles. The third-order valence-corrected chi connectivity index (χ3v) is 4.29. The Balaban J connectivity index is 1.77. The van der Waals surface area contributed by atoms with Crippen molar-refractivity contribution in [1.82, 2.24) is 15.2 Å². The first-order chi connectivity index (χ1) is 9.75. The van der Waals surface area contributed by atoms with Crippen LogP contribution in [0, 0.1) is 0 Å². The van der Waals surface area contributed by atoms with Gasteiger partial charge in [-0.15, -0.1) is 11.3 Å². The molecule has 0 bridgehead atoms. The van der Waals surface area contributed by atoms with Gasteiger partial charge in [-0.2, -0.15) is 0 Å². The molecule has 1 unspecified atom stereocenters. The fraction of sp³-hybridized carbons (Fsp3) is 0.333. The highest BCUT2D eigenvalue weighted by Gasteiger charge is 2.28. The molecule has 4 nitrogen and oxygen atoms in total. The number of fused-ring (bicyclic) bond motifs is 1. The number of nitrogens with zero attached hydrogens (tertiary/aromatic N) is 2. The van der Waals surface area contributed by atoms with E-state index in [4.69, 9.17) is 0 Å². The average Bonchev–Trinajstić information content (AvgIpc) is 2.99. The highest BCUT2D eigenvalue weighted by Crippen LogP contribution is 2.25. The van der Waals surface area contributed by atoms with Crippen LogP contribution in [0.25, 0.3) is 0 Å². The third-order valence-electron chi connectivity index (χ3n) is 3.65. The number of carbonyl (C=O) groups is 1. The second kappa shape index (κ2) is 5.73. The average molecular weight is 287 g/mol. The smallest absolute Gasteiger partial charge is 0.231 e. The molecule has 0 spiro atoms. The van der Waals surface area contributed by atoms with E-state index in [1.807, 2.05) is 24.6 Å². The van der Waals surface area contributed by atoms with E-state index in [0.717, 1.165) is 17.8 Å². The lowest BCUT2D eigenvalue weighted by atomic mass is 9.90. The summed E-state index contributed by atoms with van der Waals surface area (Å²) in [5, 5.41) is 5.31. The molecule has 3 rings (SSSR count). The van der Waals surface area contributed by atoms with Crippen LogP contribution in [0.5, 0.6) is 0 Å². The van der Waals surface area contributed by atoms with Gasteiger partial charge in [0.15, 0.2) is 0 Å². The lowest BCUT2D eigenvalue weighted by Gasteiger charge is -2.29. The minimum Gasteiger partial charge on any atom is -0.339 e. The van der Waals surface area contributed by atoms with E-state index in [0.29, 0.717) is 13.1 Å². The van der Waals surface area contributed by atoms with E-state index in [2.05, 4.69) is 22.4 Å². The number of aromatic nitrogens is 1. The number of nitrogens with one attached hydrogen (secondary N) is 1. The van der Waals surface area contributed by atoms with Crippen LogP contribution < -0.4 is 5.32 Å². The Morgan fingerprint density at radius 2 is 2.35 bits per heavy atom. The van der Waals surface area contributed by atoms with Gasteiger partial charge in [0, 0.05) is 25.5 Å². The van der Waals surface area contributed by atoms with Gasteiger partial charge in [0.2, 0.25) is 5.91 Å². The summed E-state index contributed by atoms with van der Waals surface area (Å²) in [5.74, 6) is 0.0567. The molecule has 0 fully saturated rings. The topological polar surface area (TPSA) is 45.2 Å². The molecule has 1 aromatic heterocycles. The van der Waals surface area contributed by atoms with Crippen molar-refractivity contribution in [2.45, 2.75) is 19.0 Å². The molecule has 1 amide bonds. The first kappa shape index (κ1) is 13.3. The van der Waals surface area contributed by atoms with Gasteiger partial charge in [-0.3, -0.25) is 4.79 Å². The highest BCUT2D eigenvalue weighted by molar-refractivity contribution is 7.07. The Bertz CT molecular complexity index is 597. The lowest BCUT2D eigenvalue weighted by Crippen LogP contribution is -2.39. The first-order valence-electron chi connectivity index (χ1n) is 6.66. The maximum absolute atomic E-state index is 12.6. The van der Waals surface area contributed by atoms with Crippen molar-refractivity contribution in [2.24, 2.45) is 0 Å². The van der Waals surface area contributed by atoms with E-state index < -0.39 is 0 Å². The van der Waals surface area contributed by atoms with Crippen molar-refractivity contribution in [3.63, 3.8) is 0 Å². The molecule has 1 aliphatic rings. The quantitative estimate of drug-likeness (QED) is 0.939. The number of carbonyl (C=O) groups excluding carboxylic acids is 1. The zero-order chi connectivity index (χ0) is 13.9. The Labute approximate surface area is 122 Å². The number of thiazole rings is 1. The summed E-state index contributed by atoms with van der Waals surface area (Å²) in [4.78, 5) is 18.7. The molecule has 104 valence electrons. The molecule has 2 heterocycles. The number of likely N-dealkylation sites (N-methyl/N-ethyl adjacent to an activating group) is 1. The summed E-state index contributed by atoms with van der Waals surface area (Å²) in [5.41, 5.74) is 5.12. The van der Waals surface area contributed by atoms with E-state index >= 15 is 0 Å². The number of hydrogen-bond acceptors (Lipinski definition) is 4. The number of rotatable bonds is 3. The van der Waals surface area contributed by atoms with Crippen LogP contribution in [0.4, 0.5) is 0 Å². The fourth-order valence-corrected chi connectivity index (χ4v) is 3.17. The molecule has 1 aliphatic heterocycles. The molecule has 0 saturated carbocycles. The van der Waals surface area contributed by atoms with Crippen molar-refractivity contribution >= 4 is 17.2 Å². The van der Waals surface area contributed by atoms with Gasteiger partial charge in [-0.25, -0.2) is 4.98 Å². The van der Waals surface area contributed by atoms with E-state index in [1.54, 1.807) is 21.7 Å². The lowest BCUT2D eigenvalue weighted by molar-refractivity contribution is -0.132. The van der Waals surface area contributed by atoms with E-state index in [9.17, 15) is 4.79 Å². The summed E-state index contributed by atoms with van der Waals surface area (Å²) in [6.07, 6.45) is 0. The normalized spacial score (nSPS) is 17.6. The Kier molecular flexibility index (Phi) is 3.80. The molecule has 1 N–H and O–H groups in total. The molecule has 0 radical (unpaired) electrons. The van der Waals surface area contributed by atoms with Crippen LogP contribution in [0.3, 0.4) is 0 Å². The number of benzene rings is 1. The van der Waals surface area contributed by atoms with Crippen LogP contribution >= 0.6 is 11.3 Å². The monoisotopic (exact) mass is 287 g/mol. The van der Waals surface area contributed by atoms with Crippen LogP contribution in [-0.4, -0.2) is 29.4 Å². The fourth-order valence-electron chi connectivity index (χ4n) is 2.62. The van der Waals surface area contributed by atoms with Gasteiger partial charge < -0.3 is 10.2 Å². The predicted molar refractivity (Wildman–Crippen MR) is 79.5 cm³/mol. The first-order valence-corrected chi connectivity index (χ1v) is 7.60. The maximum atomic E-state index is 12.6. The van der Waals surface area contributed by atoms with Crippen molar-refractivity contribution in [3.8, 4) is 0 Å². The molecule has 1 aromatic carbocycles. The summed E-state index contributed by atoms with van der Waals surface area (Å²) in [7, 11) is 1.85. The summed E-state index contributed by atoms with van der Waals surface area (Å²) in [6, 6.07) is 8.18. The summed E-state index contributed by atoms with van der Waals surface area (Å²) >= 11 is 1.56. The van der Waals surface area contributed by atoms with Gasteiger partial charge in [0.25, 0.3) is 0 Å². The predicted octanol–water partition coefficient (Wildman–Crippen LogP) is 1.99. The minimum atomic E-state index is -0.0939. The van der Waals surface area contributed by atoms with Gasteiger partial charge in [-0.05, 0) is 11.1 Å². The molecular weight excluding hydrogens is 270 g/mol. The van der Waals surface area contributed by atoms with Crippen LogP contribution in [0.15, 0.2) is 35.2 Å². The largest absolute Gasteiger partial charge is 0.339 e. The molecule has 2 aromatic rings. The summed E-state index contributed by atoms with van der Waals surface area (Å²) < 4.78 is 0. The zero-order valence-electron chi connectivity index (χ0n) is 11.4. The molecule has 5 heteroatoms. The van der Waals surface area contributed by atoms with Crippen molar-refractivity contribution in [3.05, 3.63) is 52.0 Å². The van der Waals surface area contributed by atoms with Crippen molar-refractivity contribution in [2.75, 3.05) is 13.6 Å². The van der Waals surface area contributed by atoms with Gasteiger partial charge >= 0.3 is 0 Å². The Morgan fingerprint density at radius 1 is 1.50 bits per heavy atom. The van der Waals surface area contributed by atoms with Gasteiger partial charge in [0.1, 0.15) is 0 Å². The summed E-state index contributed by atoms with van der Waals surface area (Å²) in [6.45, 7) is 2.12. The molecular formula is C15H17N3OS. The van der Waals surface area contributed by atoms with Crippen molar-refractivity contribution in [1.29, 1.82) is 0 Å². The zero-order valence-corrected chi connectivity index (χ0v) is 12.2. The minimum absolute atomic E-state index is 0.0939. The standard InChI is InChI=1S/C15H17N3OS/c1-18(8-12-9-20-10-17-12)15(19)14-7-16-6-11-4-2-3-5-13(11)14/h2-5,9-10,14,16H,6-8H2,1H3. The van der Waals surface area contributed by atoms with Crippen LogP contribution in [0.2, 0.25) is 0 Å². The number of hydrogen-bond donors (Lipinski definition) is 1. The Morgan fingerprint density at radius 3 is 3.15 bits per heavy atom. The molecule has 20 heavy (non-hydrogen) atoms. The molecule has 0 saturated heterocycles. The SMILES string of the molecule is CN(Cc1cscn1)C(=O)C1CNCc2ccccc21. The maximum Gasteiger partial charge on any atom is 0.231 e. The molecule has 1 atom stereocenters. The highest BCUT2D eigenvalue weighted by atomic mass is 32.1. The second-order valence-electron chi connectivity index (χ2n) is 5.06. The number of amides is 1. The third kappa shape index (κ3) is 2.59. The Hall–Kier alpha value is -1.72. The van der Waals surface area contributed by atoms with Gasteiger partial charge in [-0.1, -0.05) is 24.3 Å². The second-order valence-corrected chi connectivity index (χ2v) is 5.78. The van der Waals surface area contributed by atoms with Crippen molar-refractivity contribution < 1.29 is 4.79 Å². The van der Waals surface area contributed by atoms with Crippen LogP contribution in [0.1, 0.15) is 22.7 Å².